The molecule has 11 atom stereocenters. The summed E-state index contributed by atoms with van der Waals surface area (Å²) in [4.78, 5) is 2.76. The number of unbranched alkanes of at least 4 members (excludes halogenated alkanes) is 5. The van der Waals surface area contributed by atoms with E-state index in [0.29, 0.717) is 78.9 Å². The number of thiol groups is 1. The van der Waals surface area contributed by atoms with Gasteiger partial charge >= 0.3 is 0 Å². The SMILES string of the molecule is CCCCCCCCN(CCCS)CCC[C@@H](C)[C@H]1CC[C@H]2C3[C@H](OCCCN)CC4C[C@H](OCCCN)CC[C@]4(C)[C@H]3C[C@H](OCCCN)[C@]12C. The van der Waals surface area contributed by atoms with Gasteiger partial charge in [0.05, 0.1) is 18.3 Å². The van der Waals surface area contributed by atoms with Crippen LogP contribution in [-0.4, -0.2) is 88.1 Å². The number of rotatable bonds is 27. The van der Waals surface area contributed by atoms with Crippen LogP contribution in [-0.2, 0) is 14.2 Å². The van der Waals surface area contributed by atoms with Crippen LogP contribution < -0.4 is 17.2 Å². The summed E-state index contributed by atoms with van der Waals surface area (Å²) in [5.74, 6) is 4.85. The first-order chi connectivity index (χ1) is 25.3. The van der Waals surface area contributed by atoms with Crippen LogP contribution in [0.4, 0.5) is 0 Å². The van der Waals surface area contributed by atoms with Crippen molar-refractivity contribution < 1.29 is 14.2 Å². The predicted octanol–water partition coefficient (Wildman–Crippen LogP) is 8.47. The van der Waals surface area contributed by atoms with Crippen LogP contribution in [0.15, 0.2) is 0 Å². The number of nitrogens with zero attached hydrogens (tertiary/aromatic N) is 1. The molecule has 0 aromatic heterocycles. The fourth-order valence-electron chi connectivity index (χ4n) is 12.2. The molecular formula is C44H86N4O3S. The first-order valence-electron chi connectivity index (χ1n) is 22.6. The van der Waals surface area contributed by atoms with Crippen molar-refractivity contribution in [2.75, 3.05) is 64.8 Å². The fraction of sp³-hybridized carbons (Fsp3) is 1.00. The lowest BCUT2D eigenvalue weighted by atomic mass is 9.43. The normalized spacial score (nSPS) is 35.0. The van der Waals surface area contributed by atoms with Gasteiger partial charge < -0.3 is 36.3 Å². The summed E-state index contributed by atoms with van der Waals surface area (Å²) in [6.45, 7) is 18.4. The van der Waals surface area contributed by atoms with E-state index in [1.54, 1.807) is 0 Å². The van der Waals surface area contributed by atoms with Gasteiger partial charge in [0, 0.05) is 25.2 Å². The van der Waals surface area contributed by atoms with Gasteiger partial charge in [0.15, 0.2) is 0 Å². The monoisotopic (exact) mass is 751 g/mol. The van der Waals surface area contributed by atoms with E-state index >= 15 is 0 Å². The molecule has 4 saturated carbocycles. The summed E-state index contributed by atoms with van der Waals surface area (Å²) in [5, 5.41) is 0. The number of hydrogen-bond donors (Lipinski definition) is 4. The van der Waals surface area contributed by atoms with Gasteiger partial charge in [0.25, 0.3) is 0 Å². The standard InChI is InChI=1S/C44H86N4O3S/c1-5-6-7-8-9-10-24-48(26-15-30-52)25-11-16-34(2)37-17-18-38-42-39(33-41(44(37,38)4)51-29-14-23-47)43(3)20-19-36(49-27-12-21-45)31-35(43)32-40(42)50-28-13-22-46/h34-42,52H,5-33,45-47H2,1-4H3/t34-,35?,36-,37-,38+,39+,40-,41+,42?,43+,44-/m1/s1. The van der Waals surface area contributed by atoms with Crippen LogP contribution in [0.3, 0.4) is 0 Å². The maximum atomic E-state index is 7.09. The summed E-state index contributed by atoms with van der Waals surface area (Å²) in [7, 11) is 0. The van der Waals surface area contributed by atoms with Gasteiger partial charge in [-0.15, -0.1) is 0 Å². The summed E-state index contributed by atoms with van der Waals surface area (Å²) in [5.41, 5.74) is 18.3. The van der Waals surface area contributed by atoms with Crippen molar-refractivity contribution in [1.29, 1.82) is 0 Å². The molecule has 306 valence electrons. The largest absolute Gasteiger partial charge is 0.378 e. The molecule has 6 N–H and O–H groups in total. The van der Waals surface area contributed by atoms with E-state index in [1.807, 2.05) is 0 Å². The van der Waals surface area contributed by atoms with Crippen LogP contribution in [0.5, 0.6) is 0 Å². The van der Waals surface area contributed by atoms with E-state index in [0.717, 1.165) is 51.3 Å². The van der Waals surface area contributed by atoms with E-state index < -0.39 is 0 Å². The molecule has 0 radical (unpaired) electrons. The minimum absolute atomic E-state index is 0.167. The Hall–Kier alpha value is 0.0700. The van der Waals surface area contributed by atoms with E-state index in [4.69, 9.17) is 31.4 Å². The molecule has 8 heteroatoms. The lowest BCUT2D eigenvalue weighted by Crippen LogP contribution is -2.63. The first kappa shape index (κ1) is 44.8. The van der Waals surface area contributed by atoms with E-state index in [-0.39, 0.29) is 5.41 Å². The first-order valence-corrected chi connectivity index (χ1v) is 23.2. The predicted molar refractivity (Wildman–Crippen MR) is 223 cm³/mol. The third-order valence-electron chi connectivity index (χ3n) is 15.1. The summed E-state index contributed by atoms with van der Waals surface area (Å²) in [6, 6.07) is 0. The van der Waals surface area contributed by atoms with Crippen LogP contribution in [0, 0.1) is 46.3 Å². The van der Waals surface area contributed by atoms with Gasteiger partial charge in [-0.3, -0.25) is 0 Å². The topological polar surface area (TPSA) is 109 Å². The number of nitrogens with two attached hydrogens (primary N) is 3. The highest BCUT2D eigenvalue weighted by atomic mass is 32.1. The van der Waals surface area contributed by atoms with Crippen molar-refractivity contribution in [2.24, 2.45) is 63.5 Å². The smallest absolute Gasteiger partial charge is 0.0637 e. The van der Waals surface area contributed by atoms with Gasteiger partial charge in [0.1, 0.15) is 0 Å². The fourth-order valence-corrected chi connectivity index (χ4v) is 12.3. The Balaban J connectivity index is 1.49. The minimum Gasteiger partial charge on any atom is -0.378 e. The molecule has 0 aliphatic heterocycles. The van der Waals surface area contributed by atoms with Crippen molar-refractivity contribution in [3.63, 3.8) is 0 Å². The maximum absolute atomic E-state index is 7.09. The van der Waals surface area contributed by atoms with Gasteiger partial charge in [-0.2, -0.15) is 12.6 Å². The zero-order valence-corrected chi connectivity index (χ0v) is 35.4. The van der Waals surface area contributed by atoms with Crippen LogP contribution in [0.2, 0.25) is 0 Å². The zero-order valence-electron chi connectivity index (χ0n) is 34.6. The number of ether oxygens (including phenoxy) is 3. The molecule has 0 saturated heterocycles. The molecule has 4 aliphatic rings. The molecule has 0 amide bonds. The highest BCUT2D eigenvalue weighted by Crippen LogP contribution is 2.69. The third kappa shape index (κ3) is 11.6. The third-order valence-corrected chi connectivity index (χ3v) is 15.4. The van der Waals surface area contributed by atoms with Crippen molar-refractivity contribution in [3.8, 4) is 0 Å². The Bertz CT molecular complexity index is 962. The second-order valence-electron chi connectivity index (χ2n) is 18.3. The second kappa shape index (κ2) is 23.3. The molecule has 0 aromatic rings. The van der Waals surface area contributed by atoms with Crippen molar-refractivity contribution >= 4 is 12.6 Å². The summed E-state index contributed by atoms with van der Waals surface area (Å²) < 4.78 is 20.5. The molecule has 4 rings (SSSR count). The highest BCUT2D eigenvalue weighted by Gasteiger charge is 2.66. The van der Waals surface area contributed by atoms with Gasteiger partial charge in [0.2, 0.25) is 0 Å². The quantitative estimate of drug-likeness (QED) is 0.0493. The molecule has 52 heavy (non-hydrogen) atoms. The number of fused-ring (bicyclic) bond motifs is 5. The Morgan fingerprint density at radius 3 is 2.08 bits per heavy atom. The molecule has 4 aliphatic carbocycles. The Labute approximate surface area is 327 Å². The Morgan fingerprint density at radius 2 is 1.37 bits per heavy atom. The molecule has 0 heterocycles. The van der Waals surface area contributed by atoms with Gasteiger partial charge in [-0.25, -0.2) is 0 Å². The van der Waals surface area contributed by atoms with Crippen LogP contribution in [0.25, 0.3) is 0 Å². The molecule has 0 aromatic carbocycles. The average molecular weight is 751 g/mol. The lowest BCUT2D eigenvalue weighted by molar-refractivity contribution is -0.227. The van der Waals surface area contributed by atoms with Crippen molar-refractivity contribution in [2.45, 2.75) is 168 Å². The number of hydrogen-bond acceptors (Lipinski definition) is 8. The van der Waals surface area contributed by atoms with Crippen molar-refractivity contribution in [3.05, 3.63) is 0 Å². The average Bonchev–Trinajstić information content (AvgIpc) is 3.50. The van der Waals surface area contributed by atoms with E-state index in [9.17, 15) is 0 Å². The molecule has 7 nitrogen and oxygen atoms in total. The molecular weight excluding hydrogens is 665 g/mol. The molecule has 0 bridgehead atoms. The second-order valence-corrected chi connectivity index (χ2v) is 18.7. The van der Waals surface area contributed by atoms with Crippen molar-refractivity contribution in [1.82, 2.24) is 4.90 Å². The summed E-state index contributed by atoms with van der Waals surface area (Å²) >= 11 is 4.56. The molecule has 0 spiro atoms. The van der Waals surface area contributed by atoms with Crippen LogP contribution >= 0.6 is 12.6 Å². The maximum Gasteiger partial charge on any atom is 0.0637 e. The zero-order chi connectivity index (χ0) is 37.4. The lowest BCUT2D eigenvalue weighted by Gasteiger charge is -2.65. The molecule has 2 unspecified atom stereocenters. The highest BCUT2D eigenvalue weighted by molar-refractivity contribution is 7.80. The van der Waals surface area contributed by atoms with Crippen LogP contribution in [0.1, 0.15) is 150 Å². The van der Waals surface area contributed by atoms with Gasteiger partial charge in [-0.05, 0) is 176 Å². The Morgan fingerprint density at radius 1 is 0.712 bits per heavy atom. The summed E-state index contributed by atoms with van der Waals surface area (Å²) in [6.07, 6.45) is 24.4. The molecule has 4 fully saturated rings. The Kier molecular flexibility index (Phi) is 20.1. The van der Waals surface area contributed by atoms with E-state index in [2.05, 4.69) is 45.2 Å². The van der Waals surface area contributed by atoms with Gasteiger partial charge in [-0.1, -0.05) is 59.8 Å². The van der Waals surface area contributed by atoms with E-state index in [1.165, 1.54) is 116 Å². The minimum atomic E-state index is 0.167.